The fourth-order valence-corrected chi connectivity index (χ4v) is 3.25. The highest BCUT2D eigenvalue weighted by Gasteiger charge is 2.02. The smallest absolute Gasteiger partial charge is 0.201 e. The van der Waals surface area contributed by atoms with Crippen LogP contribution in [-0.4, -0.2) is 32.2 Å². The standard InChI is InChI=1S/C18H19N5S2/c24-17-15(10-14-4-3-6-19-11-14)12-22-18(23-17)21-8-9-25-13-16-5-1-2-7-20-16/h1-7,11-12H,8-10,13H2,(H2,21,22,23,24). The van der Waals surface area contributed by atoms with Gasteiger partial charge in [-0.05, 0) is 23.8 Å². The molecule has 0 aliphatic carbocycles. The van der Waals surface area contributed by atoms with E-state index in [4.69, 9.17) is 12.2 Å². The Kier molecular flexibility index (Phi) is 6.53. The lowest BCUT2D eigenvalue weighted by Crippen LogP contribution is -2.08. The van der Waals surface area contributed by atoms with E-state index >= 15 is 0 Å². The molecule has 25 heavy (non-hydrogen) atoms. The fourth-order valence-electron chi connectivity index (χ4n) is 2.26. The molecule has 3 aromatic heterocycles. The Morgan fingerprint density at radius 2 is 2.04 bits per heavy atom. The number of thioether (sulfide) groups is 1. The van der Waals surface area contributed by atoms with Crippen molar-refractivity contribution in [2.24, 2.45) is 0 Å². The van der Waals surface area contributed by atoms with E-state index in [1.807, 2.05) is 60.7 Å². The number of anilines is 1. The van der Waals surface area contributed by atoms with E-state index < -0.39 is 0 Å². The Labute approximate surface area is 156 Å². The number of hydrogen-bond donors (Lipinski definition) is 2. The van der Waals surface area contributed by atoms with E-state index in [1.165, 1.54) is 0 Å². The molecule has 5 nitrogen and oxygen atoms in total. The zero-order valence-corrected chi connectivity index (χ0v) is 15.3. The summed E-state index contributed by atoms with van der Waals surface area (Å²) in [6.07, 6.45) is 8.00. The largest absolute Gasteiger partial charge is 0.355 e. The van der Waals surface area contributed by atoms with Gasteiger partial charge in [-0.15, -0.1) is 0 Å². The average Bonchev–Trinajstić information content (AvgIpc) is 2.65. The van der Waals surface area contributed by atoms with Crippen molar-refractivity contribution in [3.05, 3.63) is 76.6 Å². The number of nitrogens with one attached hydrogen (secondary N) is 2. The van der Waals surface area contributed by atoms with Crippen molar-refractivity contribution in [3.8, 4) is 0 Å². The minimum absolute atomic E-state index is 0.707. The lowest BCUT2D eigenvalue weighted by molar-refractivity contribution is 1.02. The Morgan fingerprint density at radius 1 is 1.08 bits per heavy atom. The summed E-state index contributed by atoms with van der Waals surface area (Å²) in [5.74, 6) is 2.59. The molecule has 0 bridgehead atoms. The summed E-state index contributed by atoms with van der Waals surface area (Å²) in [5, 5.41) is 3.28. The van der Waals surface area contributed by atoms with Crippen LogP contribution in [0.25, 0.3) is 0 Å². The third kappa shape index (κ3) is 5.65. The average molecular weight is 370 g/mol. The lowest BCUT2D eigenvalue weighted by atomic mass is 10.1. The van der Waals surface area contributed by atoms with E-state index in [0.717, 1.165) is 41.3 Å². The van der Waals surface area contributed by atoms with Crippen LogP contribution in [-0.2, 0) is 12.2 Å². The maximum atomic E-state index is 5.43. The Balaban J connectivity index is 1.45. The number of hydrogen-bond acceptors (Lipinski definition) is 6. The zero-order valence-electron chi connectivity index (χ0n) is 13.7. The van der Waals surface area contributed by atoms with Gasteiger partial charge in [0.05, 0.1) is 5.69 Å². The summed E-state index contributed by atoms with van der Waals surface area (Å²) in [6.45, 7) is 0.817. The molecule has 0 unspecified atom stereocenters. The van der Waals surface area contributed by atoms with Gasteiger partial charge < -0.3 is 10.3 Å². The topological polar surface area (TPSA) is 66.5 Å². The van der Waals surface area contributed by atoms with Crippen LogP contribution in [0.4, 0.5) is 5.95 Å². The minimum Gasteiger partial charge on any atom is -0.355 e. The second-order valence-corrected chi connectivity index (χ2v) is 6.94. The van der Waals surface area contributed by atoms with Gasteiger partial charge in [0.15, 0.2) is 0 Å². The quantitative estimate of drug-likeness (QED) is 0.464. The molecule has 0 saturated heterocycles. The molecule has 0 saturated carbocycles. The molecule has 0 fully saturated rings. The fraction of sp³-hybridized carbons (Fsp3) is 0.222. The third-order valence-electron chi connectivity index (χ3n) is 3.51. The second kappa shape index (κ2) is 9.29. The van der Waals surface area contributed by atoms with Crippen molar-refractivity contribution >= 4 is 29.9 Å². The molecule has 3 rings (SSSR count). The predicted octanol–water partition coefficient (Wildman–Crippen LogP) is 3.87. The van der Waals surface area contributed by atoms with Crippen LogP contribution in [0, 0.1) is 4.64 Å². The molecule has 2 N–H and O–H groups in total. The van der Waals surface area contributed by atoms with E-state index in [2.05, 4.69) is 25.3 Å². The van der Waals surface area contributed by atoms with Crippen LogP contribution in [0.15, 0.2) is 55.1 Å². The number of H-pyrrole nitrogens is 1. The molecular formula is C18H19N5S2. The molecule has 3 heterocycles. The second-order valence-electron chi connectivity index (χ2n) is 5.42. The number of nitrogens with zero attached hydrogens (tertiary/aromatic N) is 3. The van der Waals surface area contributed by atoms with Gasteiger partial charge in [0.1, 0.15) is 4.64 Å². The zero-order chi connectivity index (χ0) is 17.3. The summed E-state index contributed by atoms with van der Waals surface area (Å²) >= 11 is 7.27. The molecule has 7 heteroatoms. The van der Waals surface area contributed by atoms with Gasteiger partial charge in [0, 0.05) is 54.8 Å². The molecular weight excluding hydrogens is 350 g/mol. The first-order chi connectivity index (χ1) is 12.3. The van der Waals surface area contributed by atoms with Crippen LogP contribution in [0.5, 0.6) is 0 Å². The van der Waals surface area contributed by atoms with E-state index in [9.17, 15) is 0 Å². The van der Waals surface area contributed by atoms with Crippen LogP contribution in [0.2, 0.25) is 0 Å². The SMILES string of the molecule is S=c1[nH]c(NCCSCc2ccccn2)ncc1Cc1cccnc1. The van der Waals surface area contributed by atoms with Crippen molar-refractivity contribution in [1.82, 2.24) is 19.9 Å². The molecule has 0 atom stereocenters. The molecule has 0 aliphatic heterocycles. The maximum Gasteiger partial charge on any atom is 0.201 e. The van der Waals surface area contributed by atoms with Gasteiger partial charge in [-0.1, -0.05) is 24.4 Å². The number of aromatic nitrogens is 4. The number of rotatable bonds is 8. The van der Waals surface area contributed by atoms with Gasteiger partial charge >= 0.3 is 0 Å². The first-order valence-corrected chi connectivity index (χ1v) is 9.56. The molecule has 128 valence electrons. The normalized spacial score (nSPS) is 10.6. The summed E-state index contributed by atoms with van der Waals surface area (Å²) in [5.41, 5.74) is 3.22. The van der Waals surface area contributed by atoms with Crippen LogP contribution in [0.3, 0.4) is 0 Å². The van der Waals surface area contributed by atoms with Crippen molar-refractivity contribution in [2.45, 2.75) is 12.2 Å². The van der Waals surface area contributed by atoms with E-state index in [0.29, 0.717) is 10.6 Å². The highest BCUT2D eigenvalue weighted by Crippen LogP contribution is 2.11. The molecule has 0 spiro atoms. The van der Waals surface area contributed by atoms with Crippen LogP contribution < -0.4 is 5.32 Å². The monoisotopic (exact) mass is 369 g/mol. The summed E-state index contributed by atoms with van der Waals surface area (Å²) in [6, 6.07) is 9.95. The molecule has 0 amide bonds. The molecule has 3 aromatic rings. The van der Waals surface area contributed by atoms with Gasteiger partial charge in [0.25, 0.3) is 0 Å². The van der Waals surface area contributed by atoms with Crippen molar-refractivity contribution in [3.63, 3.8) is 0 Å². The summed E-state index contributed by atoms with van der Waals surface area (Å²) < 4.78 is 0.711. The Morgan fingerprint density at radius 3 is 2.80 bits per heavy atom. The summed E-state index contributed by atoms with van der Waals surface area (Å²) in [7, 11) is 0. The molecule has 0 aliphatic rings. The number of pyridine rings is 2. The summed E-state index contributed by atoms with van der Waals surface area (Å²) in [4.78, 5) is 16.0. The van der Waals surface area contributed by atoms with Crippen molar-refractivity contribution in [1.29, 1.82) is 0 Å². The molecule has 0 radical (unpaired) electrons. The highest BCUT2D eigenvalue weighted by atomic mass is 32.2. The van der Waals surface area contributed by atoms with Crippen LogP contribution >= 0.6 is 24.0 Å². The predicted molar refractivity (Wildman–Crippen MR) is 105 cm³/mol. The molecule has 0 aromatic carbocycles. The van der Waals surface area contributed by atoms with Crippen molar-refractivity contribution < 1.29 is 0 Å². The van der Waals surface area contributed by atoms with Gasteiger partial charge in [-0.2, -0.15) is 11.8 Å². The van der Waals surface area contributed by atoms with Crippen molar-refractivity contribution in [2.75, 3.05) is 17.6 Å². The van der Waals surface area contributed by atoms with Gasteiger partial charge in [-0.3, -0.25) is 9.97 Å². The van der Waals surface area contributed by atoms with E-state index in [1.54, 1.807) is 6.20 Å². The van der Waals surface area contributed by atoms with E-state index in [-0.39, 0.29) is 0 Å². The highest BCUT2D eigenvalue weighted by molar-refractivity contribution is 7.98. The first-order valence-electron chi connectivity index (χ1n) is 8.00. The Hall–Kier alpha value is -2.25. The number of aromatic amines is 1. The lowest BCUT2D eigenvalue weighted by Gasteiger charge is -2.07. The maximum absolute atomic E-state index is 5.43. The minimum atomic E-state index is 0.707. The third-order valence-corrected chi connectivity index (χ3v) is 4.86. The first kappa shape index (κ1) is 17.6. The van der Waals surface area contributed by atoms with Crippen LogP contribution in [0.1, 0.15) is 16.8 Å². The van der Waals surface area contributed by atoms with Gasteiger partial charge in [-0.25, -0.2) is 4.98 Å². The Bertz CT molecular complexity index is 837. The van der Waals surface area contributed by atoms with Gasteiger partial charge in [0.2, 0.25) is 5.95 Å².